The summed E-state index contributed by atoms with van der Waals surface area (Å²) in [5.41, 5.74) is 5.46. The van der Waals surface area contributed by atoms with E-state index in [1.807, 2.05) is 12.1 Å². The molecule has 104 valence electrons. The molecule has 2 aromatic carbocycles. The zero-order valence-electron chi connectivity index (χ0n) is 11.9. The second-order valence-corrected chi connectivity index (χ2v) is 5.84. The van der Waals surface area contributed by atoms with Crippen molar-refractivity contribution in [3.8, 4) is 11.1 Å². The van der Waals surface area contributed by atoms with Gasteiger partial charge in [0.05, 0.1) is 0 Å². The molecule has 0 spiro atoms. The number of fused-ring (bicyclic) bond motifs is 1. The molecule has 2 aromatic rings. The molecule has 0 aromatic heterocycles. The van der Waals surface area contributed by atoms with Gasteiger partial charge in [-0.15, -0.1) is 0 Å². The zero-order chi connectivity index (χ0) is 13.9. The van der Waals surface area contributed by atoms with Gasteiger partial charge in [-0.3, -0.25) is 0 Å². The van der Waals surface area contributed by atoms with E-state index >= 15 is 0 Å². The van der Waals surface area contributed by atoms with Crippen LogP contribution in [0.2, 0.25) is 5.02 Å². The first-order chi connectivity index (χ1) is 9.79. The minimum atomic E-state index is 0.807. The van der Waals surface area contributed by atoms with Crippen LogP contribution in [0.25, 0.3) is 11.1 Å². The van der Waals surface area contributed by atoms with Gasteiger partial charge < -0.3 is 4.90 Å². The van der Waals surface area contributed by atoms with Crippen molar-refractivity contribution in [2.45, 2.75) is 26.2 Å². The van der Waals surface area contributed by atoms with Gasteiger partial charge in [0.1, 0.15) is 0 Å². The van der Waals surface area contributed by atoms with E-state index in [9.17, 15) is 0 Å². The van der Waals surface area contributed by atoms with Gasteiger partial charge in [-0.25, -0.2) is 0 Å². The Hall–Kier alpha value is -1.47. The van der Waals surface area contributed by atoms with Gasteiger partial charge in [0.25, 0.3) is 0 Å². The standard InChI is InChI=1S/C18H20ClN/c1-2-11-20-12-5-9-17-16(8-4-10-18(17)20)14-6-3-7-15(19)13-14/h3-4,6-8,10,13H,2,5,9,11-12H2,1H3. The number of hydrogen-bond acceptors (Lipinski definition) is 1. The Kier molecular flexibility index (Phi) is 3.98. The van der Waals surface area contributed by atoms with E-state index in [4.69, 9.17) is 11.6 Å². The van der Waals surface area contributed by atoms with Crippen LogP contribution < -0.4 is 4.90 Å². The molecule has 2 heteroatoms. The molecule has 0 aliphatic carbocycles. The molecule has 0 bridgehead atoms. The number of anilines is 1. The minimum Gasteiger partial charge on any atom is -0.371 e. The van der Waals surface area contributed by atoms with Crippen molar-refractivity contribution in [3.05, 3.63) is 53.1 Å². The number of halogens is 1. The first-order valence-electron chi connectivity index (χ1n) is 7.42. The van der Waals surface area contributed by atoms with Gasteiger partial charge >= 0.3 is 0 Å². The summed E-state index contributed by atoms with van der Waals surface area (Å²) in [6.07, 6.45) is 3.60. The van der Waals surface area contributed by atoms with Crippen LogP contribution in [0.3, 0.4) is 0 Å². The second kappa shape index (κ2) is 5.88. The molecular formula is C18H20ClN. The van der Waals surface area contributed by atoms with Crippen LogP contribution in [0.4, 0.5) is 5.69 Å². The summed E-state index contributed by atoms with van der Waals surface area (Å²) in [4.78, 5) is 2.52. The van der Waals surface area contributed by atoms with Crippen LogP contribution in [0.15, 0.2) is 42.5 Å². The first-order valence-corrected chi connectivity index (χ1v) is 7.80. The van der Waals surface area contributed by atoms with E-state index in [0.29, 0.717) is 0 Å². The molecule has 0 N–H and O–H groups in total. The number of hydrogen-bond donors (Lipinski definition) is 0. The largest absolute Gasteiger partial charge is 0.371 e. The van der Waals surface area contributed by atoms with E-state index in [1.165, 1.54) is 41.8 Å². The van der Waals surface area contributed by atoms with Crippen molar-refractivity contribution in [2.24, 2.45) is 0 Å². The average molecular weight is 286 g/mol. The molecule has 3 rings (SSSR count). The molecule has 1 nitrogen and oxygen atoms in total. The Labute approximate surface area is 126 Å². The highest BCUT2D eigenvalue weighted by atomic mass is 35.5. The maximum Gasteiger partial charge on any atom is 0.0412 e. The lowest BCUT2D eigenvalue weighted by molar-refractivity contribution is 0.682. The fourth-order valence-corrected chi connectivity index (χ4v) is 3.32. The lowest BCUT2D eigenvalue weighted by Crippen LogP contribution is -2.30. The summed E-state index contributed by atoms with van der Waals surface area (Å²) in [7, 11) is 0. The molecule has 0 atom stereocenters. The van der Waals surface area contributed by atoms with Crippen LogP contribution >= 0.6 is 11.6 Å². The average Bonchev–Trinajstić information content (AvgIpc) is 2.47. The summed E-state index contributed by atoms with van der Waals surface area (Å²) < 4.78 is 0. The van der Waals surface area contributed by atoms with Crippen LogP contribution in [0, 0.1) is 0 Å². The highest BCUT2D eigenvalue weighted by molar-refractivity contribution is 6.30. The maximum absolute atomic E-state index is 6.15. The van der Waals surface area contributed by atoms with Crippen molar-refractivity contribution in [1.82, 2.24) is 0 Å². The normalized spacial score (nSPS) is 14.2. The topological polar surface area (TPSA) is 3.24 Å². The van der Waals surface area contributed by atoms with E-state index in [2.05, 4.69) is 42.2 Å². The van der Waals surface area contributed by atoms with Crippen molar-refractivity contribution in [1.29, 1.82) is 0 Å². The Balaban J connectivity index is 2.07. The van der Waals surface area contributed by atoms with Gasteiger partial charge in [-0.1, -0.05) is 42.8 Å². The first kappa shape index (κ1) is 13.5. The highest BCUT2D eigenvalue weighted by Crippen LogP contribution is 2.36. The molecule has 0 saturated heterocycles. The molecule has 0 amide bonds. The van der Waals surface area contributed by atoms with Gasteiger partial charge in [-0.2, -0.15) is 0 Å². The summed E-state index contributed by atoms with van der Waals surface area (Å²) in [5.74, 6) is 0. The van der Waals surface area contributed by atoms with E-state index in [-0.39, 0.29) is 0 Å². The molecule has 1 aliphatic heterocycles. The van der Waals surface area contributed by atoms with E-state index < -0.39 is 0 Å². The monoisotopic (exact) mass is 285 g/mol. The van der Waals surface area contributed by atoms with Gasteiger partial charge in [0.2, 0.25) is 0 Å². The molecular weight excluding hydrogens is 266 g/mol. The fourth-order valence-electron chi connectivity index (χ4n) is 3.13. The van der Waals surface area contributed by atoms with Gasteiger partial charge in [-0.05, 0) is 54.2 Å². The fraction of sp³-hybridized carbons (Fsp3) is 0.333. The third-order valence-electron chi connectivity index (χ3n) is 3.98. The molecule has 1 heterocycles. The van der Waals surface area contributed by atoms with Gasteiger partial charge in [0, 0.05) is 23.8 Å². The molecule has 0 fully saturated rings. The summed E-state index contributed by atoms with van der Waals surface area (Å²) >= 11 is 6.15. The third kappa shape index (κ3) is 2.55. The lowest BCUT2D eigenvalue weighted by atomic mass is 9.92. The van der Waals surface area contributed by atoms with Crippen LogP contribution in [0.5, 0.6) is 0 Å². The molecule has 0 unspecified atom stereocenters. The second-order valence-electron chi connectivity index (χ2n) is 5.40. The van der Waals surface area contributed by atoms with E-state index in [0.717, 1.165) is 18.0 Å². The summed E-state index contributed by atoms with van der Waals surface area (Å²) in [6.45, 7) is 4.57. The highest BCUT2D eigenvalue weighted by Gasteiger charge is 2.19. The third-order valence-corrected chi connectivity index (χ3v) is 4.21. The van der Waals surface area contributed by atoms with Crippen molar-refractivity contribution >= 4 is 17.3 Å². The van der Waals surface area contributed by atoms with Crippen LogP contribution in [0.1, 0.15) is 25.3 Å². The smallest absolute Gasteiger partial charge is 0.0412 e. The Morgan fingerprint density at radius 2 is 2.00 bits per heavy atom. The molecule has 1 aliphatic rings. The van der Waals surface area contributed by atoms with E-state index in [1.54, 1.807) is 0 Å². The predicted molar refractivity (Wildman–Crippen MR) is 87.7 cm³/mol. The van der Waals surface area contributed by atoms with Gasteiger partial charge in [0.15, 0.2) is 0 Å². The number of nitrogens with zero attached hydrogens (tertiary/aromatic N) is 1. The van der Waals surface area contributed by atoms with Crippen molar-refractivity contribution < 1.29 is 0 Å². The Morgan fingerprint density at radius 1 is 1.15 bits per heavy atom. The number of benzene rings is 2. The summed E-state index contributed by atoms with van der Waals surface area (Å²) in [5, 5.41) is 0.807. The lowest BCUT2D eigenvalue weighted by Gasteiger charge is -2.32. The van der Waals surface area contributed by atoms with Crippen LogP contribution in [-0.4, -0.2) is 13.1 Å². The zero-order valence-corrected chi connectivity index (χ0v) is 12.7. The summed E-state index contributed by atoms with van der Waals surface area (Å²) in [6, 6.07) is 14.8. The SMILES string of the molecule is CCCN1CCCc2c(-c3cccc(Cl)c3)cccc21. The molecule has 20 heavy (non-hydrogen) atoms. The number of rotatable bonds is 3. The Morgan fingerprint density at radius 3 is 2.80 bits per heavy atom. The Bertz CT molecular complexity index is 606. The van der Waals surface area contributed by atoms with Crippen LogP contribution in [-0.2, 0) is 6.42 Å². The molecule has 0 radical (unpaired) electrons. The minimum absolute atomic E-state index is 0.807. The van der Waals surface area contributed by atoms with Crippen molar-refractivity contribution in [2.75, 3.05) is 18.0 Å². The molecule has 0 saturated carbocycles. The predicted octanol–water partition coefficient (Wildman–Crippen LogP) is 5.17. The quantitative estimate of drug-likeness (QED) is 0.752. The maximum atomic E-state index is 6.15. The van der Waals surface area contributed by atoms with Crippen molar-refractivity contribution in [3.63, 3.8) is 0 Å².